The summed E-state index contributed by atoms with van der Waals surface area (Å²) in [5.41, 5.74) is 4.40. The first-order valence-electron chi connectivity index (χ1n) is 12.9. The number of rotatable bonds is 3. The van der Waals surface area contributed by atoms with Gasteiger partial charge in [0.1, 0.15) is 22.8 Å². The number of fused-ring (bicyclic) bond motifs is 4. The second-order valence-corrected chi connectivity index (χ2v) is 10.9. The minimum Gasteiger partial charge on any atom is -0.510 e. The highest BCUT2D eigenvalue weighted by Crippen LogP contribution is 2.53. The number of nitrogens with two attached hydrogens (primary N) is 1. The number of primary amides is 1. The predicted molar refractivity (Wildman–Crippen MR) is 148 cm³/mol. The lowest BCUT2D eigenvalue weighted by molar-refractivity contribution is -0.138. The van der Waals surface area contributed by atoms with Gasteiger partial charge in [-0.3, -0.25) is 19.5 Å². The van der Waals surface area contributed by atoms with Crippen molar-refractivity contribution < 1.29 is 30.0 Å². The van der Waals surface area contributed by atoms with E-state index in [-0.39, 0.29) is 29.7 Å². The molecule has 0 spiro atoms. The Labute approximate surface area is 229 Å². The molecular formula is C30H28N4O6. The van der Waals surface area contributed by atoms with E-state index < -0.39 is 58.0 Å². The number of aromatic hydroxyl groups is 1. The van der Waals surface area contributed by atoms with E-state index in [1.165, 1.54) is 6.07 Å². The van der Waals surface area contributed by atoms with E-state index in [1.54, 1.807) is 31.3 Å². The summed E-state index contributed by atoms with van der Waals surface area (Å²) in [4.78, 5) is 32.3. The van der Waals surface area contributed by atoms with Crippen molar-refractivity contribution in [1.29, 1.82) is 5.41 Å². The van der Waals surface area contributed by atoms with Gasteiger partial charge in [0, 0.05) is 28.6 Å². The van der Waals surface area contributed by atoms with Gasteiger partial charge in [0.05, 0.1) is 22.8 Å². The van der Waals surface area contributed by atoms with Gasteiger partial charge in [-0.2, -0.15) is 0 Å². The minimum absolute atomic E-state index is 0.0762. The Bertz CT molecular complexity index is 1720. The van der Waals surface area contributed by atoms with Crippen molar-refractivity contribution in [3.05, 3.63) is 76.7 Å². The van der Waals surface area contributed by atoms with Gasteiger partial charge >= 0.3 is 0 Å². The molecule has 0 unspecified atom stereocenters. The average molecular weight is 541 g/mol. The fourth-order valence-corrected chi connectivity index (χ4v) is 6.79. The lowest BCUT2D eigenvalue weighted by Gasteiger charge is -2.51. The van der Waals surface area contributed by atoms with Crippen molar-refractivity contribution in [1.82, 2.24) is 9.88 Å². The van der Waals surface area contributed by atoms with Crippen LogP contribution in [-0.4, -0.2) is 73.5 Å². The van der Waals surface area contributed by atoms with E-state index in [0.29, 0.717) is 5.56 Å². The summed E-state index contributed by atoms with van der Waals surface area (Å²) in [5, 5.41) is 54.6. The number of aromatic nitrogens is 1. The lowest BCUT2D eigenvalue weighted by atomic mass is 9.56. The van der Waals surface area contributed by atoms with Gasteiger partial charge in [0.2, 0.25) is 5.78 Å². The summed E-state index contributed by atoms with van der Waals surface area (Å²) in [5.74, 6) is -4.89. The summed E-state index contributed by atoms with van der Waals surface area (Å²) < 4.78 is 0. The number of pyridine rings is 1. The van der Waals surface area contributed by atoms with Gasteiger partial charge in [0.25, 0.3) is 5.91 Å². The van der Waals surface area contributed by atoms with Crippen LogP contribution in [0.1, 0.15) is 17.5 Å². The number of nitrogens with one attached hydrogen (secondary N) is 1. The van der Waals surface area contributed by atoms with Crippen LogP contribution in [-0.2, 0) is 16.0 Å². The Kier molecular flexibility index (Phi) is 5.62. The Morgan fingerprint density at radius 2 is 1.88 bits per heavy atom. The summed E-state index contributed by atoms with van der Waals surface area (Å²) >= 11 is 0. The summed E-state index contributed by atoms with van der Waals surface area (Å²) in [6.07, 6.45) is 2.06. The number of likely N-dealkylation sites (N-methyl/N-ethyl adjacent to an activating group) is 1. The van der Waals surface area contributed by atoms with Crippen LogP contribution in [0.5, 0.6) is 5.75 Å². The van der Waals surface area contributed by atoms with Crippen LogP contribution in [0.15, 0.2) is 65.6 Å². The monoisotopic (exact) mass is 540 g/mol. The van der Waals surface area contributed by atoms with Crippen molar-refractivity contribution in [2.45, 2.75) is 24.5 Å². The molecule has 204 valence electrons. The summed E-state index contributed by atoms with van der Waals surface area (Å²) in [6.45, 7) is 0. The number of nitrogens with zero attached hydrogens (tertiary/aromatic N) is 2. The number of hydrogen-bond donors (Lipinski definition) is 6. The van der Waals surface area contributed by atoms with Crippen molar-refractivity contribution in [2.75, 3.05) is 14.1 Å². The van der Waals surface area contributed by atoms with Crippen molar-refractivity contribution in [3.63, 3.8) is 0 Å². The predicted octanol–water partition coefficient (Wildman–Crippen LogP) is 2.63. The highest BCUT2D eigenvalue weighted by atomic mass is 16.3. The number of carbonyl (C=O) groups is 2. The zero-order valence-electron chi connectivity index (χ0n) is 21.8. The number of benzene rings is 2. The van der Waals surface area contributed by atoms with Crippen LogP contribution >= 0.6 is 0 Å². The number of amides is 1. The average Bonchev–Trinajstić information content (AvgIpc) is 2.90. The van der Waals surface area contributed by atoms with Crippen molar-refractivity contribution >= 4 is 34.1 Å². The number of aliphatic hydroxyl groups is 3. The quantitative estimate of drug-likeness (QED) is 0.293. The fraction of sp³-hybridized carbons (Fsp3) is 0.267. The van der Waals surface area contributed by atoms with Gasteiger partial charge in [-0.1, -0.05) is 24.3 Å². The van der Waals surface area contributed by atoms with Gasteiger partial charge < -0.3 is 31.6 Å². The lowest BCUT2D eigenvalue weighted by Crippen LogP contribution is -2.67. The highest BCUT2D eigenvalue weighted by Gasteiger charge is 2.63. The SMILES string of the molecule is CN(C)[C@@H]1C(O)=C(C(N)=O)C(=N)[C@@]2(O)C(=O)C3=C(O)c4c(O)ccc(-c5cnc6ccccc6c5)c4C[C@H]3C[C@@H]12. The maximum atomic E-state index is 14.0. The summed E-state index contributed by atoms with van der Waals surface area (Å²) in [6, 6.07) is 11.8. The zero-order valence-corrected chi connectivity index (χ0v) is 21.8. The molecule has 1 saturated carbocycles. The smallest absolute Gasteiger partial charge is 0.254 e. The number of Topliss-reactive ketones (excluding diaryl/α,β-unsaturated/α-hetero) is 1. The molecule has 0 bridgehead atoms. The molecule has 2 aromatic carbocycles. The van der Waals surface area contributed by atoms with Gasteiger partial charge in [0.15, 0.2) is 5.60 Å². The number of phenolic OH excluding ortho intramolecular Hbond substituents is 1. The molecule has 3 aliphatic carbocycles. The van der Waals surface area contributed by atoms with Crippen LogP contribution in [0, 0.1) is 17.2 Å². The van der Waals surface area contributed by atoms with E-state index >= 15 is 0 Å². The van der Waals surface area contributed by atoms with Crippen molar-refractivity contribution in [2.24, 2.45) is 17.6 Å². The number of hydrogen-bond acceptors (Lipinski definition) is 9. The number of para-hydroxylation sites is 1. The third-order valence-electron chi connectivity index (χ3n) is 8.56. The van der Waals surface area contributed by atoms with E-state index in [2.05, 4.69) is 4.98 Å². The van der Waals surface area contributed by atoms with Crippen LogP contribution in [0.25, 0.3) is 27.8 Å². The molecule has 1 amide bonds. The standard InChI is InChI=1S/C30H28N4O6/c1-34(2)24-18-11-14-10-17-16(15-9-13-5-3-4-6-19(13)33-12-15)7-8-20(35)22(17)25(36)21(14)28(38)30(18,40)27(31)23(26(24)37)29(32)39/h3-9,12,14,18,24,31,35-37,40H,10-11H2,1-2H3,(H2,32,39)/t14-,18-,24-,30+/m0/s1. The third kappa shape index (κ3) is 3.36. The molecule has 6 rings (SSSR count). The molecule has 40 heavy (non-hydrogen) atoms. The van der Waals surface area contributed by atoms with Crippen molar-refractivity contribution in [3.8, 4) is 16.9 Å². The molecule has 0 aliphatic heterocycles. The van der Waals surface area contributed by atoms with E-state index in [9.17, 15) is 30.0 Å². The van der Waals surface area contributed by atoms with E-state index in [1.807, 2.05) is 30.3 Å². The molecule has 0 saturated heterocycles. The maximum absolute atomic E-state index is 14.0. The van der Waals surface area contributed by atoms with E-state index in [4.69, 9.17) is 11.1 Å². The maximum Gasteiger partial charge on any atom is 0.254 e. The Morgan fingerprint density at radius 3 is 2.58 bits per heavy atom. The molecule has 4 atom stereocenters. The zero-order chi connectivity index (χ0) is 28.7. The van der Waals surface area contributed by atoms with E-state index in [0.717, 1.165) is 22.0 Å². The van der Waals surface area contributed by atoms with Gasteiger partial charge in [-0.25, -0.2) is 0 Å². The normalized spacial score (nSPS) is 26.1. The Balaban J connectivity index is 1.54. The first-order chi connectivity index (χ1) is 19.0. The first kappa shape index (κ1) is 25.7. The number of phenols is 1. The minimum atomic E-state index is -2.52. The topological polar surface area (TPSA) is 181 Å². The van der Waals surface area contributed by atoms with Crippen LogP contribution in [0.2, 0.25) is 0 Å². The molecule has 1 aromatic heterocycles. The second kappa shape index (κ2) is 8.73. The number of carbonyl (C=O) groups excluding carboxylic acids is 2. The molecule has 7 N–H and O–H groups in total. The second-order valence-electron chi connectivity index (χ2n) is 10.9. The fourth-order valence-electron chi connectivity index (χ4n) is 6.79. The number of aliphatic hydroxyl groups excluding tert-OH is 2. The molecule has 3 aliphatic rings. The van der Waals surface area contributed by atoms with Crippen LogP contribution < -0.4 is 5.73 Å². The van der Waals surface area contributed by atoms with Crippen LogP contribution in [0.3, 0.4) is 0 Å². The molecule has 0 radical (unpaired) electrons. The molecule has 3 aromatic rings. The highest BCUT2D eigenvalue weighted by molar-refractivity contribution is 6.34. The number of ketones is 1. The summed E-state index contributed by atoms with van der Waals surface area (Å²) in [7, 11) is 3.25. The Hall–Kier alpha value is -4.54. The van der Waals surface area contributed by atoms with Gasteiger partial charge in [-0.05, 0) is 62.2 Å². The molecule has 10 nitrogen and oxygen atoms in total. The van der Waals surface area contributed by atoms with Gasteiger partial charge in [-0.15, -0.1) is 0 Å². The molecular weight excluding hydrogens is 512 g/mol. The Morgan fingerprint density at radius 1 is 1.15 bits per heavy atom. The first-order valence-corrected chi connectivity index (χ1v) is 12.9. The third-order valence-corrected chi connectivity index (χ3v) is 8.56. The van der Waals surface area contributed by atoms with Crippen LogP contribution in [0.4, 0.5) is 0 Å². The molecule has 1 heterocycles. The largest absolute Gasteiger partial charge is 0.510 e. The molecule has 10 heteroatoms. The molecule has 1 fully saturated rings.